The SMILES string of the molecule is Cc1ccc(NCc2scnc2C)c(Cl)c1. The highest BCUT2D eigenvalue weighted by Gasteiger charge is 2.03. The Bertz CT molecular complexity index is 494. The molecule has 4 heteroatoms. The van der Waals surface area contributed by atoms with Crippen LogP contribution in [0.15, 0.2) is 23.7 Å². The Morgan fingerprint density at radius 2 is 2.19 bits per heavy atom. The van der Waals surface area contributed by atoms with Crippen molar-refractivity contribution in [2.45, 2.75) is 20.4 Å². The fourth-order valence-electron chi connectivity index (χ4n) is 1.43. The lowest BCUT2D eigenvalue weighted by atomic mass is 10.2. The molecule has 2 nitrogen and oxygen atoms in total. The van der Waals surface area contributed by atoms with Crippen molar-refractivity contribution < 1.29 is 0 Å². The van der Waals surface area contributed by atoms with Gasteiger partial charge in [0.05, 0.1) is 28.5 Å². The first kappa shape index (κ1) is 11.4. The van der Waals surface area contributed by atoms with Gasteiger partial charge < -0.3 is 5.32 Å². The van der Waals surface area contributed by atoms with Gasteiger partial charge in [0.15, 0.2) is 0 Å². The molecule has 0 bridgehead atoms. The second kappa shape index (κ2) is 4.85. The number of benzene rings is 1. The number of aromatic nitrogens is 1. The summed E-state index contributed by atoms with van der Waals surface area (Å²) in [5.41, 5.74) is 5.09. The van der Waals surface area contributed by atoms with Crippen molar-refractivity contribution in [3.8, 4) is 0 Å². The summed E-state index contributed by atoms with van der Waals surface area (Å²) in [7, 11) is 0. The molecular formula is C12H13ClN2S. The maximum Gasteiger partial charge on any atom is 0.0798 e. The average molecular weight is 253 g/mol. The predicted molar refractivity (Wildman–Crippen MR) is 70.4 cm³/mol. The normalized spacial score (nSPS) is 10.4. The van der Waals surface area contributed by atoms with Crippen LogP contribution in [0.25, 0.3) is 0 Å². The van der Waals surface area contributed by atoms with Gasteiger partial charge >= 0.3 is 0 Å². The zero-order valence-electron chi connectivity index (χ0n) is 9.25. The molecule has 0 atom stereocenters. The summed E-state index contributed by atoms with van der Waals surface area (Å²) in [5, 5.41) is 4.09. The Morgan fingerprint density at radius 1 is 1.38 bits per heavy atom. The highest BCUT2D eigenvalue weighted by atomic mass is 35.5. The minimum Gasteiger partial charge on any atom is -0.379 e. The van der Waals surface area contributed by atoms with Gasteiger partial charge in [-0.2, -0.15) is 0 Å². The minimum absolute atomic E-state index is 0.766. The second-order valence-corrected chi connectivity index (χ2v) is 5.04. The number of hydrogen-bond acceptors (Lipinski definition) is 3. The molecule has 2 rings (SSSR count). The third-order valence-corrected chi connectivity index (χ3v) is 3.66. The number of nitrogens with one attached hydrogen (secondary N) is 1. The van der Waals surface area contributed by atoms with Crippen LogP contribution in [0.5, 0.6) is 0 Å². The van der Waals surface area contributed by atoms with Crippen LogP contribution >= 0.6 is 22.9 Å². The molecule has 0 amide bonds. The molecular weight excluding hydrogens is 240 g/mol. The summed E-state index contributed by atoms with van der Waals surface area (Å²) >= 11 is 7.80. The molecule has 0 aliphatic heterocycles. The number of nitrogens with zero attached hydrogens (tertiary/aromatic N) is 1. The smallest absolute Gasteiger partial charge is 0.0798 e. The van der Waals surface area contributed by atoms with E-state index in [0.29, 0.717) is 0 Å². The van der Waals surface area contributed by atoms with E-state index in [1.165, 1.54) is 10.4 Å². The Balaban J connectivity index is 2.08. The van der Waals surface area contributed by atoms with Crippen LogP contribution in [0.4, 0.5) is 5.69 Å². The molecule has 84 valence electrons. The van der Waals surface area contributed by atoms with E-state index in [1.54, 1.807) is 11.3 Å². The maximum absolute atomic E-state index is 6.13. The van der Waals surface area contributed by atoms with Crippen LogP contribution in [0.3, 0.4) is 0 Å². The fourth-order valence-corrected chi connectivity index (χ4v) is 2.45. The van der Waals surface area contributed by atoms with Crippen molar-refractivity contribution in [1.29, 1.82) is 0 Å². The molecule has 1 heterocycles. The molecule has 0 spiro atoms. The van der Waals surface area contributed by atoms with Crippen LogP contribution < -0.4 is 5.32 Å². The summed E-state index contributed by atoms with van der Waals surface area (Å²) in [5.74, 6) is 0. The van der Waals surface area contributed by atoms with Crippen LogP contribution in [-0.2, 0) is 6.54 Å². The standard InChI is InChI=1S/C12H13ClN2S/c1-8-3-4-11(10(13)5-8)14-6-12-9(2)15-7-16-12/h3-5,7,14H,6H2,1-2H3. The van der Waals surface area contributed by atoms with E-state index in [-0.39, 0.29) is 0 Å². The molecule has 0 unspecified atom stereocenters. The first-order chi connectivity index (χ1) is 7.66. The molecule has 0 radical (unpaired) electrons. The van der Waals surface area contributed by atoms with E-state index in [2.05, 4.69) is 10.3 Å². The topological polar surface area (TPSA) is 24.9 Å². The van der Waals surface area contributed by atoms with E-state index in [1.807, 2.05) is 37.6 Å². The first-order valence-corrected chi connectivity index (χ1v) is 6.31. The van der Waals surface area contributed by atoms with Crippen molar-refractivity contribution in [3.63, 3.8) is 0 Å². The van der Waals surface area contributed by atoms with Crippen LogP contribution in [0.1, 0.15) is 16.1 Å². The molecule has 0 fully saturated rings. The molecule has 0 aliphatic carbocycles. The van der Waals surface area contributed by atoms with Gasteiger partial charge in [0.2, 0.25) is 0 Å². The number of thiazole rings is 1. The predicted octanol–water partition coefficient (Wildman–Crippen LogP) is 4.03. The van der Waals surface area contributed by atoms with Crippen molar-refractivity contribution >= 4 is 28.6 Å². The van der Waals surface area contributed by atoms with Crippen molar-refractivity contribution in [2.24, 2.45) is 0 Å². The van der Waals surface area contributed by atoms with Crippen molar-refractivity contribution in [3.05, 3.63) is 44.9 Å². The zero-order valence-corrected chi connectivity index (χ0v) is 10.8. The van der Waals surface area contributed by atoms with Crippen molar-refractivity contribution in [1.82, 2.24) is 4.98 Å². The third kappa shape index (κ3) is 2.54. The Kier molecular flexibility index (Phi) is 3.46. The molecule has 1 aromatic carbocycles. The molecule has 1 aromatic heterocycles. The Labute approximate surface area is 104 Å². The zero-order chi connectivity index (χ0) is 11.5. The average Bonchev–Trinajstić information content (AvgIpc) is 2.63. The highest BCUT2D eigenvalue weighted by Crippen LogP contribution is 2.24. The van der Waals surface area contributed by atoms with Crippen molar-refractivity contribution in [2.75, 3.05) is 5.32 Å². The Morgan fingerprint density at radius 3 is 2.81 bits per heavy atom. The number of rotatable bonds is 3. The molecule has 0 aliphatic rings. The van der Waals surface area contributed by atoms with Crippen LogP contribution in [0, 0.1) is 13.8 Å². The van der Waals surface area contributed by atoms with Gasteiger partial charge in [-0.1, -0.05) is 17.7 Å². The van der Waals surface area contributed by atoms with Crippen LogP contribution in [-0.4, -0.2) is 4.98 Å². The second-order valence-electron chi connectivity index (χ2n) is 3.70. The lowest BCUT2D eigenvalue weighted by Gasteiger charge is -2.08. The molecule has 0 saturated heterocycles. The maximum atomic E-state index is 6.13. The van der Waals surface area contributed by atoms with Gasteiger partial charge in [0.25, 0.3) is 0 Å². The first-order valence-electron chi connectivity index (χ1n) is 5.06. The summed E-state index contributed by atoms with van der Waals surface area (Å²) in [4.78, 5) is 5.46. The van der Waals surface area contributed by atoms with E-state index >= 15 is 0 Å². The molecule has 0 saturated carbocycles. The van der Waals surface area contributed by atoms with Gasteiger partial charge in [0, 0.05) is 4.88 Å². The van der Waals surface area contributed by atoms with Crippen LogP contribution in [0.2, 0.25) is 5.02 Å². The Hall–Kier alpha value is -1.06. The largest absolute Gasteiger partial charge is 0.379 e. The molecule has 1 N–H and O–H groups in total. The van der Waals surface area contributed by atoms with E-state index in [9.17, 15) is 0 Å². The number of anilines is 1. The van der Waals surface area contributed by atoms with E-state index in [4.69, 9.17) is 11.6 Å². The summed E-state index contributed by atoms with van der Waals surface area (Å²) in [6, 6.07) is 6.02. The summed E-state index contributed by atoms with van der Waals surface area (Å²) in [6.45, 7) is 4.83. The number of hydrogen-bond donors (Lipinski definition) is 1. The minimum atomic E-state index is 0.766. The number of halogens is 1. The third-order valence-electron chi connectivity index (χ3n) is 2.41. The summed E-state index contributed by atoms with van der Waals surface area (Å²) < 4.78 is 0. The van der Waals surface area contributed by atoms with Gasteiger partial charge in [-0.15, -0.1) is 11.3 Å². The van der Waals surface area contributed by atoms with E-state index in [0.717, 1.165) is 22.9 Å². The van der Waals surface area contributed by atoms with Gasteiger partial charge in [-0.25, -0.2) is 4.98 Å². The number of aryl methyl sites for hydroxylation is 2. The van der Waals surface area contributed by atoms with Gasteiger partial charge in [-0.05, 0) is 31.5 Å². The van der Waals surface area contributed by atoms with E-state index < -0.39 is 0 Å². The lowest BCUT2D eigenvalue weighted by molar-refractivity contribution is 1.12. The summed E-state index contributed by atoms with van der Waals surface area (Å²) in [6.07, 6.45) is 0. The quantitative estimate of drug-likeness (QED) is 0.892. The lowest BCUT2D eigenvalue weighted by Crippen LogP contribution is -1.99. The highest BCUT2D eigenvalue weighted by molar-refractivity contribution is 7.09. The monoisotopic (exact) mass is 252 g/mol. The molecule has 16 heavy (non-hydrogen) atoms. The fraction of sp³-hybridized carbons (Fsp3) is 0.250. The molecule has 2 aromatic rings. The van der Waals surface area contributed by atoms with Gasteiger partial charge in [0.1, 0.15) is 0 Å². The van der Waals surface area contributed by atoms with Gasteiger partial charge in [-0.3, -0.25) is 0 Å².